The van der Waals surface area contributed by atoms with Gasteiger partial charge in [-0.1, -0.05) is 0 Å². The molecule has 1 aromatic rings. The molecular weight excluding hydrogens is 276 g/mol. The molecule has 0 radical (unpaired) electrons. The van der Waals surface area contributed by atoms with E-state index in [1.165, 1.54) is 23.3 Å². The third-order valence-corrected chi connectivity index (χ3v) is 6.27. The molecule has 0 spiro atoms. The van der Waals surface area contributed by atoms with Crippen LogP contribution in [-0.4, -0.2) is 41.4 Å². The number of hydrogen-bond acceptors (Lipinski definition) is 4. The lowest BCUT2D eigenvalue weighted by atomic mass is 10.1. The Morgan fingerprint density at radius 3 is 3.16 bits per heavy atom. The van der Waals surface area contributed by atoms with Gasteiger partial charge in [0.05, 0.1) is 5.75 Å². The molecule has 0 atom stereocenters. The first-order chi connectivity index (χ1) is 9.33. The van der Waals surface area contributed by atoms with Crippen molar-refractivity contribution in [2.24, 2.45) is 0 Å². The van der Waals surface area contributed by atoms with Crippen molar-refractivity contribution < 1.29 is 4.79 Å². The zero-order chi connectivity index (χ0) is 13.1. The Kier molecular flexibility index (Phi) is 4.45. The minimum atomic E-state index is 0.320. The average Bonchev–Trinajstić information content (AvgIpc) is 2.93. The molecule has 0 saturated carbocycles. The Bertz CT molecular complexity index is 440. The van der Waals surface area contributed by atoms with E-state index in [2.05, 4.69) is 16.8 Å². The van der Waals surface area contributed by atoms with Crippen LogP contribution in [-0.2, 0) is 17.8 Å². The Balaban J connectivity index is 1.48. The molecule has 5 heteroatoms. The molecule has 1 fully saturated rings. The summed E-state index contributed by atoms with van der Waals surface area (Å²) in [6.07, 6.45) is 3.44. The fraction of sp³-hybridized carbons (Fsp3) is 0.643. The highest BCUT2D eigenvalue weighted by Gasteiger charge is 2.22. The second-order valence-corrected chi connectivity index (χ2v) is 7.48. The summed E-state index contributed by atoms with van der Waals surface area (Å²) >= 11 is 3.68. The van der Waals surface area contributed by atoms with Crippen molar-refractivity contribution >= 4 is 29.0 Å². The van der Waals surface area contributed by atoms with Crippen molar-refractivity contribution in [2.45, 2.75) is 31.1 Å². The van der Waals surface area contributed by atoms with Crippen LogP contribution in [0, 0.1) is 0 Å². The second-order valence-electron chi connectivity index (χ2n) is 5.19. The van der Waals surface area contributed by atoms with E-state index in [0.29, 0.717) is 16.9 Å². The number of fused-ring (bicyclic) bond motifs is 1. The Morgan fingerprint density at radius 1 is 1.47 bits per heavy atom. The van der Waals surface area contributed by atoms with E-state index in [9.17, 15) is 4.79 Å². The third-order valence-electron chi connectivity index (χ3n) is 3.89. The van der Waals surface area contributed by atoms with Crippen molar-refractivity contribution in [1.29, 1.82) is 0 Å². The molecule has 1 aromatic heterocycles. The molecule has 19 heavy (non-hydrogen) atoms. The maximum absolute atomic E-state index is 12.3. The highest BCUT2D eigenvalue weighted by molar-refractivity contribution is 8.00. The van der Waals surface area contributed by atoms with Gasteiger partial charge in [-0.3, -0.25) is 4.79 Å². The summed E-state index contributed by atoms with van der Waals surface area (Å²) in [5.41, 5.74) is 1.36. The number of carbonyl (C=O) groups excluding carboxylic acids is 1. The number of amides is 1. The van der Waals surface area contributed by atoms with Gasteiger partial charge >= 0.3 is 0 Å². The molecule has 0 bridgehead atoms. The number of carbonyl (C=O) groups is 1. The van der Waals surface area contributed by atoms with Crippen molar-refractivity contribution in [1.82, 2.24) is 10.2 Å². The molecule has 1 amide bonds. The summed E-state index contributed by atoms with van der Waals surface area (Å²) in [4.78, 5) is 15.8. The molecule has 104 valence electrons. The molecular formula is C14H20N2OS2. The fourth-order valence-corrected chi connectivity index (χ4v) is 4.72. The van der Waals surface area contributed by atoms with Gasteiger partial charge in [0.25, 0.3) is 0 Å². The van der Waals surface area contributed by atoms with Gasteiger partial charge in [0, 0.05) is 23.2 Å². The molecule has 2 aliphatic heterocycles. The minimum absolute atomic E-state index is 0.320. The van der Waals surface area contributed by atoms with E-state index in [-0.39, 0.29) is 0 Å². The standard InChI is InChI=1S/C14H20N2OS2/c17-14(10-19-12-1-5-15-6-2-12)16-7-3-13-11(9-16)4-8-18-13/h4,8,12,15H,1-3,5-7,9-10H2. The Labute approximate surface area is 122 Å². The van der Waals surface area contributed by atoms with Crippen LogP contribution >= 0.6 is 23.1 Å². The van der Waals surface area contributed by atoms with Crippen LogP contribution in [0.5, 0.6) is 0 Å². The average molecular weight is 296 g/mol. The highest BCUT2D eigenvalue weighted by Crippen LogP contribution is 2.25. The molecule has 0 aliphatic carbocycles. The zero-order valence-corrected chi connectivity index (χ0v) is 12.7. The molecule has 2 aliphatic rings. The van der Waals surface area contributed by atoms with Crippen LogP contribution in [0.3, 0.4) is 0 Å². The van der Waals surface area contributed by atoms with E-state index >= 15 is 0 Å². The summed E-state index contributed by atoms with van der Waals surface area (Å²) < 4.78 is 0. The van der Waals surface area contributed by atoms with E-state index in [1.807, 2.05) is 28.0 Å². The number of piperidine rings is 1. The largest absolute Gasteiger partial charge is 0.337 e. The van der Waals surface area contributed by atoms with Crippen LogP contribution in [0.1, 0.15) is 23.3 Å². The quantitative estimate of drug-likeness (QED) is 0.927. The van der Waals surface area contributed by atoms with Crippen LogP contribution < -0.4 is 5.32 Å². The van der Waals surface area contributed by atoms with Gasteiger partial charge in [0.2, 0.25) is 5.91 Å². The van der Waals surface area contributed by atoms with E-state index in [1.54, 1.807) is 0 Å². The first-order valence-electron chi connectivity index (χ1n) is 6.98. The van der Waals surface area contributed by atoms with Gasteiger partial charge in [0.1, 0.15) is 0 Å². The zero-order valence-electron chi connectivity index (χ0n) is 11.1. The Hall–Kier alpha value is -0.520. The summed E-state index contributed by atoms with van der Waals surface area (Å²) in [6, 6.07) is 2.17. The van der Waals surface area contributed by atoms with Gasteiger partial charge in [-0.2, -0.15) is 0 Å². The van der Waals surface area contributed by atoms with Crippen molar-refractivity contribution in [3.05, 3.63) is 21.9 Å². The van der Waals surface area contributed by atoms with Gasteiger partial charge in [-0.25, -0.2) is 0 Å². The summed E-state index contributed by atoms with van der Waals surface area (Å²) in [7, 11) is 0. The normalized spacial score (nSPS) is 20.3. The molecule has 1 N–H and O–H groups in total. The van der Waals surface area contributed by atoms with Crippen LogP contribution in [0.15, 0.2) is 11.4 Å². The smallest absolute Gasteiger partial charge is 0.232 e. The molecule has 1 saturated heterocycles. The van der Waals surface area contributed by atoms with Crippen LogP contribution in [0.2, 0.25) is 0 Å². The van der Waals surface area contributed by atoms with Gasteiger partial charge < -0.3 is 10.2 Å². The molecule has 3 nitrogen and oxygen atoms in total. The predicted molar refractivity (Wildman–Crippen MR) is 81.8 cm³/mol. The summed E-state index contributed by atoms with van der Waals surface area (Å²) in [6.45, 7) is 3.94. The number of nitrogens with one attached hydrogen (secondary N) is 1. The van der Waals surface area contributed by atoms with E-state index < -0.39 is 0 Å². The molecule has 0 unspecified atom stereocenters. The third kappa shape index (κ3) is 3.33. The van der Waals surface area contributed by atoms with Crippen molar-refractivity contribution in [2.75, 3.05) is 25.4 Å². The lowest BCUT2D eigenvalue weighted by molar-refractivity contribution is -0.129. The number of rotatable bonds is 3. The first kappa shape index (κ1) is 13.5. The first-order valence-corrected chi connectivity index (χ1v) is 8.91. The lowest BCUT2D eigenvalue weighted by Gasteiger charge is -2.28. The lowest BCUT2D eigenvalue weighted by Crippen LogP contribution is -2.37. The highest BCUT2D eigenvalue weighted by atomic mass is 32.2. The number of nitrogens with zero attached hydrogens (tertiary/aromatic N) is 1. The number of hydrogen-bond donors (Lipinski definition) is 1. The van der Waals surface area contributed by atoms with Crippen LogP contribution in [0.25, 0.3) is 0 Å². The topological polar surface area (TPSA) is 32.3 Å². The van der Waals surface area contributed by atoms with Gasteiger partial charge in [-0.15, -0.1) is 23.1 Å². The SMILES string of the molecule is O=C(CSC1CCNCC1)N1CCc2sccc2C1. The summed E-state index contributed by atoms with van der Waals surface area (Å²) in [5, 5.41) is 6.18. The number of thiophene rings is 1. The van der Waals surface area contributed by atoms with Crippen molar-refractivity contribution in [3.63, 3.8) is 0 Å². The molecule has 3 heterocycles. The van der Waals surface area contributed by atoms with E-state index in [4.69, 9.17) is 0 Å². The fourth-order valence-electron chi connectivity index (χ4n) is 2.70. The van der Waals surface area contributed by atoms with E-state index in [0.717, 1.165) is 32.6 Å². The van der Waals surface area contributed by atoms with Crippen LogP contribution in [0.4, 0.5) is 0 Å². The van der Waals surface area contributed by atoms with Gasteiger partial charge in [-0.05, 0) is 49.4 Å². The maximum atomic E-state index is 12.3. The van der Waals surface area contributed by atoms with Gasteiger partial charge in [0.15, 0.2) is 0 Å². The summed E-state index contributed by atoms with van der Waals surface area (Å²) in [5.74, 6) is 0.977. The second kappa shape index (κ2) is 6.29. The monoisotopic (exact) mass is 296 g/mol. The molecule has 3 rings (SSSR count). The Morgan fingerprint density at radius 2 is 2.32 bits per heavy atom. The minimum Gasteiger partial charge on any atom is -0.337 e. The van der Waals surface area contributed by atoms with Crippen molar-refractivity contribution in [3.8, 4) is 0 Å². The molecule has 0 aromatic carbocycles. The predicted octanol–water partition coefficient (Wildman–Crippen LogP) is 2.12. The number of thioether (sulfide) groups is 1. The maximum Gasteiger partial charge on any atom is 0.232 e.